The Morgan fingerprint density at radius 1 is 1.29 bits per heavy atom. The molecule has 0 aliphatic heterocycles. The second kappa shape index (κ2) is 7.53. The van der Waals surface area contributed by atoms with Gasteiger partial charge in [-0.3, -0.25) is 9.78 Å². The van der Waals surface area contributed by atoms with E-state index in [2.05, 4.69) is 16.0 Å². The number of aromatic nitrogens is 2. The van der Waals surface area contributed by atoms with Crippen LogP contribution in [0.1, 0.15) is 77.6 Å². The van der Waals surface area contributed by atoms with Gasteiger partial charge >= 0.3 is 5.69 Å². The average molecular weight is 446 g/mol. The van der Waals surface area contributed by atoms with Crippen LogP contribution in [0.25, 0.3) is 5.57 Å². The number of rotatable bonds is 5. The van der Waals surface area contributed by atoms with E-state index in [1.165, 1.54) is 17.6 Å². The molecule has 3 atom stereocenters. The standard InChI is InChI=1S/C23H28FN3O3S/c1-11-17-18(26-22(29)27-21(17)28)20(30-2)23(19(11)24,13-6-7-13)16-10-14-12(8-9-25)4-3-5-15(14)31-16/h10,12-13,20H,3-9,25H2,1-2H3,(H2,26,27,28,29). The van der Waals surface area contributed by atoms with Crippen LogP contribution in [-0.2, 0) is 16.6 Å². The van der Waals surface area contributed by atoms with Gasteiger partial charge in [-0.05, 0) is 81.0 Å². The van der Waals surface area contributed by atoms with E-state index in [9.17, 15) is 9.59 Å². The Hall–Kier alpha value is -2.03. The zero-order valence-electron chi connectivity index (χ0n) is 17.8. The van der Waals surface area contributed by atoms with Crippen molar-refractivity contribution in [2.45, 2.75) is 62.9 Å². The Morgan fingerprint density at radius 2 is 2.06 bits per heavy atom. The first kappa shape index (κ1) is 20.8. The summed E-state index contributed by atoms with van der Waals surface area (Å²) in [6, 6.07) is 2.17. The Bertz CT molecular complexity index is 1180. The quantitative estimate of drug-likeness (QED) is 0.654. The predicted octanol–water partition coefficient (Wildman–Crippen LogP) is 3.64. The Kier molecular flexibility index (Phi) is 5.07. The van der Waals surface area contributed by atoms with Gasteiger partial charge in [0.2, 0.25) is 0 Å². The smallest absolute Gasteiger partial charge is 0.326 e. The molecule has 3 unspecified atom stereocenters. The molecule has 31 heavy (non-hydrogen) atoms. The van der Waals surface area contributed by atoms with Crippen LogP contribution in [0.5, 0.6) is 0 Å². The second-order valence-electron chi connectivity index (χ2n) is 9.05. The first-order valence-corrected chi connectivity index (χ1v) is 11.8. The highest BCUT2D eigenvalue weighted by Crippen LogP contribution is 2.64. The van der Waals surface area contributed by atoms with Gasteiger partial charge in [0, 0.05) is 16.9 Å². The number of ether oxygens (including phenoxy) is 1. The number of fused-ring (bicyclic) bond motifs is 2. The fourth-order valence-electron chi connectivity index (χ4n) is 5.86. The monoisotopic (exact) mass is 445 g/mol. The lowest BCUT2D eigenvalue weighted by atomic mass is 9.67. The van der Waals surface area contributed by atoms with Crippen molar-refractivity contribution in [3.63, 3.8) is 0 Å². The maximum absolute atomic E-state index is 16.4. The molecule has 0 saturated heterocycles. The molecule has 1 saturated carbocycles. The lowest BCUT2D eigenvalue weighted by Crippen LogP contribution is -2.44. The van der Waals surface area contributed by atoms with E-state index < -0.39 is 22.8 Å². The molecule has 4 N–H and O–H groups in total. The van der Waals surface area contributed by atoms with Crippen LogP contribution >= 0.6 is 11.3 Å². The predicted molar refractivity (Wildman–Crippen MR) is 119 cm³/mol. The molecule has 6 nitrogen and oxygen atoms in total. The zero-order valence-corrected chi connectivity index (χ0v) is 18.7. The molecule has 3 aliphatic carbocycles. The molecule has 3 aliphatic rings. The minimum Gasteiger partial charge on any atom is -0.374 e. The molecule has 166 valence electrons. The number of aromatic amines is 2. The number of halogens is 1. The molecule has 5 rings (SSSR count). The van der Waals surface area contributed by atoms with Gasteiger partial charge in [-0.15, -0.1) is 11.3 Å². The molecule has 2 heterocycles. The maximum Gasteiger partial charge on any atom is 0.326 e. The van der Waals surface area contributed by atoms with Crippen molar-refractivity contribution in [2.24, 2.45) is 11.7 Å². The number of nitrogens with one attached hydrogen (secondary N) is 2. The number of H-pyrrole nitrogens is 2. The summed E-state index contributed by atoms with van der Waals surface area (Å²) in [7, 11) is 1.53. The normalized spacial score (nSPS) is 27.9. The summed E-state index contributed by atoms with van der Waals surface area (Å²) in [4.78, 5) is 32.0. The van der Waals surface area contributed by atoms with E-state index in [-0.39, 0.29) is 22.9 Å². The number of allylic oxidation sites excluding steroid dienone is 1. The molecule has 2 aromatic heterocycles. The van der Waals surface area contributed by atoms with Gasteiger partial charge in [-0.1, -0.05) is 0 Å². The van der Waals surface area contributed by atoms with Crippen LogP contribution in [0, 0.1) is 5.92 Å². The van der Waals surface area contributed by atoms with Crippen molar-refractivity contribution in [1.82, 2.24) is 9.97 Å². The molecular formula is C23H28FN3O3S. The van der Waals surface area contributed by atoms with Crippen LogP contribution in [0.4, 0.5) is 4.39 Å². The molecule has 0 radical (unpaired) electrons. The van der Waals surface area contributed by atoms with Crippen LogP contribution in [-0.4, -0.2) is 23.6 Å². The summed E-state index contributed by atoms with van der Waals surface area (Å²) in [5, 5.41) is 0. The van der Waals surface area contributed by atoms with Gasteiger partial charge in [0.25, 0.3) is 5.56 Å². The van der Waals surface area contributed by atoms with Crippen molar-refractivity contribution >= 4 is 16.9 Å². The highest BCUT2D eigenvalue weighted by molar-refractivity contribution is 7.12. The molecular weight excluding hydrogens is 417 g/mol. The molecule has 0 spiro atoms. The number of nitrogens with two attached hydrogens (primary N) is 1. The Balaban J connectivity index is 1.77. The summed E-state index contributed by atoms with van der Waals surface area (Å²) < 4.78 is 22.3. The van der Waals surface area contributed by atoms with Gasteiger partial charge in [0.1, 0.15) is 11.9 Å². The Labute approximate surface area is 183 Å². The summed E-state index contributed by atoms with van der Waals surface area (Å²) in [6.07, 6.45) is 5.16. The summed E-state index contributed by atoms with van der Waals surface area (Å²) in [6.45, 7) is 2.27. The van der Waals surface area contributed by atoms with Crippen molar-refractivity contribution in [3.8, 4) is 0 Å². The third-order valence-corrected chi connectivity index (χ3v) is 8.69. The first-order chi connectivity index (χ1) is 14.9. The number of hydrogen-bond acceptors (Lipinski definition) is 5. The highest BCUT2D eigenvalue weighted by atomic mass is 32.1. The minimum absolute atomic E-state index is 0.0661. The topological polar surface area (TPSA) is 101 Å². The van der Waals surface area contributed by atoms with Gasteiger partial charge in [0.05, 0.1) is 16.7 Å². The van der Waals surface area contributed by atoms with Crippen LogP contribution in [0.3, 0.4) is 0 Å². The van der Waals surface area contributed by atoms with Crippen molar-refractivity contribution in [2.75, 3.05) is 13.7 Å². The van der Waals surface area contributed by atoms with Crippen molar-refractivity contribution < 1.29 is 9.13 Å². The Morgan fingerprint density at radius 3 is 2.74 bits per heavy atom. The summed E-state index contributed by atoms with van der Waals surface area (Å²) in [5.41, 5.74) is 5.82. The van der Waals surface area contributed by atoms with Crippen LogP contribution in [0.15, 0.2) is 21.5 Å². The molecule has 1 fully saturated rings. The van der Waals surface area contributed by atoms with E-state index in [1.807, 2.05) is 0 Å². The largest absolute Gasteiger partial charge is 0.374 e. The lowest BCUT2D eigenvalue weighted by Gasteiger charge is -2.42. The molecule has 0 bridgehead atoms. The van der Waals surface area contributed by atoms with E-state index in [4.69, 9.17) is 10.5 Å². The molecule has 0 amide bonds. The van der Waals surface area contributed by atoms with Gasteiger partial charge in [-0.2, -0.15) is 0 Å². The van der Waals surface area contributed by atoms with Gasteiger partial charge in [0.15, 0.2) is 0 Å². The second-order valence-corrected chi connectivity index (χ2v) is 10.2. The highest BCUT2D eigenvalue weighted by Gasteiger charge is 2.60. The van der Waals surface area contributed by atoms with E-state index in [1.54, 1.807) is 18.3 Å². The van der Waals surface area contributed by atoms with Crippen molar-refractivity contribution in [1.29, 1.82) is 0 Å². The molecule has 8 heteroatoms. The van der Waals surface area contributed by atoms with E-state index in [0.717, 1.165) is 43.4 Å². The average Bonchev–Trinajstić information content (AvgIpc) is 3.48. The maximum atomic E-state index is 16.4. The summed E-state index contributed by atoms with van der Waals surface area (Å²) in [5.74, 6) is 0.167. The first-order valence-electron chi connectivity index (χ1n) is 11.0. The number of hydrogen-bond donors (Lipinski definition) is 3. The van der Waals surface area contributed by atoms with E-state index >= 15 is 4.39 Å². The molecule has 0 aromatic carbocycles. The van der Waals surface area contributed by atoms with Gasteiger partial charge in [-0.25, -0.2) is 9.18 Å². The molecule has 2 aromatic rings. The van der Waals surface area contributed by atoms with Crippen molar-refractivity contribution in [3.05, 3.63) is 59.3 Å². The fraction of sp³-hybridized carbons (Fsp3) is 0.565. The lowest BCUT2D eigenvalue weighted by molar-refractivity contribution is 0.0208. The third kappa shape index (κ3) is 2.95. The summed E-state index contributed by atoms with van der Waals surface area (Å²) >= 11 is 1.67. The van der Waals surface area contributed by atoms with Crippen LogP contribution < -0.4 is 17.0 Å². The van der Waals surface area contributed by atoms with E-state index in [0.29, 0.717) is 18.2 Å². The van der Waals surface area contributed by atoms with Crippen LogP contribution in [0.2, 0.25) is 0 Å². The number of methoxy groups -OCH3 is 1. The number of thiophene rings is 1. The third-order valence-electron chi connectivity index (χ3n) is 7.33. The SMILES string of the molecule is COC1c2[nH]c(=O)[nH]c(=O)c2C(C)=C(F)C1(c1cc2c(s1)CCCC2CCN)C1CC1. The fourth-order valence-corrected chi connectivity index (χ4v) is 7.44. The zero-order chi connectivity index (χ0) is 21.9. The minimum atomic E-state index is -1.02. The van der Waals surface area contributed by atoms with Gasteiger partial charge < -0.3 is 15.5 Å². The number of aryl methyl sites for hydroxylation is 1.